The van der Waals surface area contributed by atoms with Gasteiger partial charge in [0.15, 0.2) is 0 Å². The third kappa shape index (κ3) is 3.47. The zero-order valence-electron chi connectivity index (χ0n) is 7.61. The second kappa shape index (κ2) is 5.12. The van der Waals surface area contributed by atoms with E-state index in [0.29, 0.717) is 12.8 Å². The van der Waals surface area contributed by atoms with Crippen LogP contribution in [-0.4, -0.2) is 17.1 Å². The Bertz CT molecular complexity index is 328. The van der Waals surface area contributed by atoms with E-state index in [1.165, 1.54) is 0 Å². The van der Waals surface area contributed by atoms with E-state index in [9.17, 15) is 4.79 Å². The largest absolute Gasteiger partial charge is 0.480 e. The van der Waals surface area contributed by atoms with Crippen molar-refractivity contribution in [2.75, 3.05) is 0 Å². The van der Waals surface area contributed by atoms with Crippen LogP contribution in [0.1, 0.15) is 12.0 Å². The summed E-state index contributed by atoms with van der Waals surface area (Å²) in [5, 5.41) is 8.58. The highest BCUT2D eigenvalue weighted by molar-refractivity contribution is 9.10. The summed E-state index contributed by atoms with van der Waals surface area (Å²) in [6.07, 6.45) is 1.15. The van der Waals surface area contributed by atoms with E-state index >= 15 is 0 Å². The highest BCUT2D eigenvalue weighted by Gasteiger charge is 2.10. The van der Waals surface area contributed by atoms with Gasteiger partial charge in [-0.25, -0.2) is 0 Å². The van der Waals surface area contributed by atoms with Crippen LogP contribution in [0, 0.1) is 0 Å². The molecular weight excluding hydrogens is 246 g/mol. The van der Waals surface area contributed by atoms with Gasteiger partial charge in [0, 0.05) is 4.47 Å². The molecule has 3 N–H and O–H groups in total. The van der Waals surface area contributed by atoms with E-state index in [1.807, 2.05) is 24.3 Å². The van der Waals surface area contributed by atoms with Crippen LogP contribution in [0.25, 0.3) is 0 Å². The lowest BCUT2D eigenvalue weighted by molar-refractivity contribution is -0.138. The number of benzene rings is 1. The van der Waals surface area contributed by atoms with Crippen molar-refractivity contribution in [1.29, 1.82) is 0 Å². The summed E-state index contributed by atoms with van der Waals surface area (Å²) >= 11 is 3.35. The molecule has 1 aromatic carbocycles. The lowest BCUT2D eigenvalue weighted by atomic mass is 10.1. The molecule has 0 bridgehead atoms. The molecule has 0 amide bonds. The minimum Gasteiger partial charge on any atom is -0.480 e. The van der Waals surface area contributed by atoms with Crippen molar-refractivity contribution in [2.45, 2.75) is 18.9 Å². The fraction of sp³-hybridized carbons (Fsp3) is 0.300. The molecule has 0 spiro atoms. The maximum atomic E-state index is 10.5. The monoisotopic (exact) mass is 257 g/mol. The topological polar surface area (TPSA) is 63.3 Å². The van der Waals surface area contributed by atoms with Crippen molar-refractivity contribution in [3.63, 3.8) is 0 Å². The SMILES string of the molecule is N[C@@H](CCc1cccc(Br)c1)C(=O)O. The number of nitrogens with two attached hydrogens (primary N) is 1. The van der Waals surface area contributed by atoms with Crippen molar-refractivity contribution in [1.82, 2.24) is 0 Å². The predicted octanol–water partition coefficient (Wildman–Crippen LogP) is 1.79. The van der Waals surface area contributed by atoms with Crippen LogP contribution < -0.4 is 5.73 Å². The van der Waals surface area contributed by atoms with Gasteiger partial charge in [-0.3, -0.25) is 4.79 Å². The van der Waals surface area contributed by atoms with Gasteiger partial charge < -0.3 is 10.8 Å². The van der Waals surface area contributed by atoms with E-state index in [1.54, 1.807) is 0 Å². The predicted molar refractivity (Wildman–Crippen MR) is 58.1 cm³/mol. The Morgan fingerprint density at radius 2 is 2.29 bits per heavy atom. The second-order valence-electron chi connectivity index (χ2n) is 3.11. The second-order valence-corrected chi connectivity index (χ2v) is 4.03. The maximum Gasteiger partial charge on any atom is 0.320 e. The first-order valence-electron chi connectivity index (χ1n) is 4.32. The zero-order valence-corrected chi connectivity index (χ0v) is 9.20. The number of hydrogen-bond donors (Lipinski definition) is 2. The summed E-state index contributed by atoms with van der Waals surface area (Å²) in [5.41, 5.74) is 6.48. The molecule has 1 aromatic rings. The first-order valence-corrected chi connectivity index (χ1v) is 5.11. The molecule has 76 valence electrons. The van der Waals surface area contributed by atoms with Crippen LogP contribution >= 0.6 is 15.9 Å². The summed E-state index contributed by atoms with van der Waals surface area (Å²) in [6, 6.07) is 7.01. The summed E-state index contributed by atoms with van der Waals surface area (Å²) < 4.78 is 0.999. The third-order valence-electron chi connectivity index (χ3n) is 1.95. The van der Waals surface area contributed by atoms with E-state index < -0.39 is 12.0 Å². The summed E-state index contributed by atoms with van der Waals surface area (Å²) in [6.45, 7) is 0. The van der Waals surface area contributed by atoms with Crippen molar-refractivity contribution < 1.29 is 9.90 Å². The van der Waals surface area contributed by atoms with Crippen molar-refractivity contribution >= 4 is 21.9 Å². The van der Waals surface area contributed by atoms with Gasteiger partial charge in [-0.15, -0.1) is 0 Å². The molecular formula is C10H12BrNO2. The van der Waals surface area contributed by atoms with E-state index in [4.69, 9.17) is 10.8 Å². The molecule has 1 atom stereocenters. The summed E-state index contributed by atoms with van der Waals surface area (Å²) in [7, 11) is 0. The normalized spacial score (nSPS) is 12.4. The maximum absolute atomic E-state index is 10.5. The lowest BCUT2D eigenvalue weighted by Crippen LogP contribution is -2.30. The minimum absolute atomic E-state index is 0.464. The quantitative estimate of drug-likeness (QED) is 0.865. The van der Waals surface area contributed by atoms with Gasteiger partial charge in [0.05, 0.1) is 0 Å². The number of aryl methyl sites for hydroxylation is 1. The molecule has 0 radical (unpaired) electrons. The Kier molecular flexibility index (Phi) is 4.10. The minimum atomic E-state index is -0.944. The first kappa shape index (κ1) is 11.2. The van der Waals surface area contributed by atoms with Gasteiger partial charge in [-0.1, -0.05) is 28.1 Å². The van der Waals surface area contributed by atoms with Crippen LogP contribution in [-0.2, 0) is 11.2 Å². The number of rotatable bonds is 4. The molecule has 0 saturated heterocycles. The Morgan fingerprint density at radius 3 is 2.86 bits per heavy atom. The number of carbonyl (C=O) groups is 1. The van der Waals surface area contributed by atoms with E-state index in [2.05, 4.69) is 15.9 Å². The average Bonchev–Trinajstić information content (AvgIpc) is 2.14. The molecule has 0 saturated carbocycles. The van der Waals surface area contributed by atoms with Gasteiger partial charge in [0.1, 0.15) is 6.04 Å². The van der Waals surface area contributed by atoms with Crippen LogP contribution in [0.5, 0.6) is 0 Å². The van der Waals surface area contributed by atoms with E-state index in [0.717, 1.165) is 10.0 Å². The van der Waals surface area contributed by atoms with Gasteiger partial charge >= 0.3 is 5.97 Å². The smallest absolute Gasteiger partial charge is 0.320 e. The Labute approximate surface area is 91.1 Å². The highest BCUT2D eigenvalue weighted by atomic mass is 79.9. The number of halogens is 1. The van der Waals surface area contributed by atoms with E-state index in [-0.39, 0.29) is 0 Å². The molecule has 14 heavy (non-hydrogen) atoms. The molecule has 1 rings (SSSR count). The fourth-order valence-corrected chi connectivity index (χ4v) is 1.58. The molecule has 0 aliphatic carbocycles. The van der Waals surface area contributed by atoms with Crippen molar-refractivity contribution in [3.8, 4) is 0 Å². The van der Waals surface area contributed by atoms with Crippen LogP contribution in [0.3, 0.4) is 0 Å². The average molecular weight is 258 g/mol. The number of hydrogen-bond acceptors (Lipinski definition) is 2. The summed E-state index contributed by atoms with van der Waals surface area (Å²) in [4.78, 5) is 10.5. The summed E-state index contributed by atoms with van der Waals surface area (Å²) in [5.74, 6) is -0.944. The van der Waals surface area contributed by atoms with Crippen molar-refractivity contribution in [3.05, 3.63) is 34.3 Å². The molecule has 3 nitrogen and oxygen atoms in total. The first-order chi connectivity index (χ1) is 6.59. The number of carboxylic acid groups (broad SMARTS) is 1. The zero-order chi connectivity index (χ0) is 10.6. The van der Waals surface area contributed by atoms with Gasteiger partial charge in [0.25, 0.3) is 0 Å². The Morgan fingerprint density at radius 1 is 1.57 bits per heavy atom. The van der Waals surface area contributed by atoms with Gasteiger partial charge in [-0.05, 0) is 30.5 Å². The highest BCUT2D eigenvalue weighted by Crippen LogP contribution is 2.13. The van der Waals surface area contributed by atoms with Gasteiger partial charge in [0.2, 0.25) is 0 Å². The molecule has 0 aliphatic heterocycles. The lowest BCUT2D eigenvalue weighted by Gasteiger charge is -2.06. The molecule has 0 aliphatic rings. The molecule has 0 unspecified atom stereocenters. The Hall–Kier alpha value is -0.870. The Balaban J connectivity index is 2.49. The van der Waals surface area contributed by atoms with Crippen LogP contribution in [0.2, 0.25) is 0 Å². The molecule has 0 fully saturated rings. The molecule has 4 heteroatoms. The third-order valence-corrected chi connectivity index (χ3v) is 2.44. The van der Waals surface area contributed by atoms with Gasteiger partial charge in [-0.2, -0.15) is 0 Å². The van der Waals surface area contributed by atoms with Crippen molar-refractivity contribution in [2.24, 2.45) is 5.73 Å². The fourth-order valence-electron chi connectivity index (χ4n) is 1.14. The van der Waals surface area contributed by atoms with Crippen LogP contribution in [0.4, 0.5) is 0 Å². The molecule has 0 aromatic heterocycles. The number of carboxylic acids is 1. The number of aliphatic carboxylic acids is 1. The molecule has 0 heterocycles. The van der Waals surface area contributed by atoms with Crippen LogP contribution in [0.15, 0.2) is 28.7 Å². The standard InChI is InChI=1S/C10H12BrNO2/c11-8-3-1-2-7(6-8)4-5-9(12)10(13)14/h1-3,6,9H,4-5,12H2,(H,13,14)/t9-/m0/s1.